The molecule has 10 heteroatoms. The monoisotopic (exact) mass is 499 g/mol. The molecular formula is C27H27N6O4-. The molecule has 2 aromatic heterocycles. The Morgan fingerprint density at radius 3 is 2.38 bits per heavy atom. The number of carbonyl (C=O) groups excluding carboxylic acids is 2. The van der Waals surface area contributed by atoms with Crippen molar-refractivity contribution in [1.82, 2.24) is 19.8 Å². The van der Waals surface area contributed by atoms with Gasteiger partial charge in [0, 0.05) is 25.1 Å². The zero-order valence-corrected chi connectivity index (χ0v) is 20.2. The number of nitrogens with zero attached hydrogens (tertiary/aromatic N) is 5. The van der Waals surface area contributed by atoms with Gasteiger partial charge in [0.25, 0.3) is 0 Å². The lowest BCUT2D eigenvalue weighted by molar-refractivity contribution is -0.128. The molecule has 0 bridgehead atoms. The van der Waals surface area contributed by atoms with Gasteiger partial charge in [0.15, 0.2) is 11.9 Å². The second-order valence-corrected chi connectivity index (χ2v) is 8.55. The molecule has 0 aliphatic heterocycles. The van der Waals surface area contributed by atoms with Crippen LogP contribution in [0.5, 0.6) is 0 Å². The van der Waals surface area contributed by atoms with Crippen LogP contribution in [0.4, 0.5) is 5.69 Å². The second kappa shape index (κ2) is 11.5. The van der Waals surface area contributed by atoms with Gasteiger partial charge in [0.1, 0.15) is 0 Å². The number of primary amides is 1. The summed E-state index contributed by atoms with van der Waals surface area (Å²) >= 11 is 0. The Labute approximate surface area is 214 Å². The summed E-state index contributed by atoms with van der Waals surface area (Å²) in [5.41, 5.74) is 7.65. The van der Waals surface area contributed by atoms with Crippen molar-refractivity contribution in [3.05, 3.63) is 113 Å². The van der Waals surface area contributed by atoms with Crippen molar-refractivity contribution in [3.8, 4) is 5.82 Å². The van der Waals surface area contributed by atoms with E-state index >= 15 is 0 Å². The maximum atomic E-state index is 13.3. The molecule has 2 atom stereocenters. The molecular weight excluding hydrogens is 472 g/mol. The van der Waals surface area contributed by atoms with Crippen LogP contribution in [0.2, 0.25) is 0 Å². The number of anilines is 1. The largest absolute Gasteiger partial charge is 0.756 e. The topological polar surface area (TPSA) is 141 Å². The van der Waals surface area contributed by atoms with E-state index in [0.717, 1.165) is 11.4 Å². The molecule has 3 N–H and O–H groups in total. The second-order valence-electron chi connectivity index (χ2n) is 8.55. The third-order valence-corrected chi connectivity index (χ3v) is 5.92. The van der Waals surface area contributed by atoms with Gasteiger partial charge in [0.2, 0.25) is 11.8 Å². The number of hydrogen-bond donors (Lipinski definition) is 2. The van der Waals surface area contributed by atoms with E-state index in [1.165, 1.54) is 23.0 Å². The number of nitrogens with two attached hydrogens (primary N) is 1. The number of benzene rings is 2. The molecule has 0 saturated carbocycles. The fraction of sp³-hybridized carbons (Fsp3) is 0.185. The molecule has 190 valence electrons. The normalized spacial score (nSPS) is 12.5. The van der Waals surface area contributed by atoms with E-state index in [-0.39, 0.29) is 22.9 Å². The smallest absolute Gasteiger partial charge is 0.248 e. The van der Waals surface area contributed by atoms with Crippen molar-refractivity contribution < 1.29 is 14.7 Å². The summed E-state index contributed by atoms with van der Waals surface area (Å²) in [6.45, 7) is 0.505. The summed E-state index contributed by atoms with van der Waals surface area (Å²) < 4.78 is 1.42. The van der Waals surface area contributed by atoms with Crippen LogP contribution in [0.15, 0.2) is 91.3 Å². The fourth-order valence-electron chi connectivity index (χ4n) is 3.96. The van der Waals surface area contributed by atoms with Gasteiger partial charge in [-0.2, -0.15) is 5.10 Å². The van der Waals surface area contributed by atoms with E-state index in [0.29, 0.717) is 12.1 Å². The molecule has 10 nitrogen and oxygen atoms in total. The summed E-state index contributed by atoms with van der Waals surface area (Å²) in [7, 11) is 1.94. The first-order chi connectivity index (χ1) is 17.8. The number of aromatic nitrogens is 3. The lowest BCUT2D eigenvalue weighted by atomic mass is 10.00. The third kappa shape index (κ3) is 6.00. The number of aliphatic hydroxyl groups is 1. The van der Waals surface area contributed by atoms with Gasteiger partial charge in [-0.25, -0.2) is 9.67 Å². The zero-order chi connectivity index (χ0) is 26.4. The van der Waals surface area contributed by atoms with Crippen molar-refractivity contribution in [1.29, 1.82) is 0 Å². The molecule has 2 amide bonds. The summed E-state index contributed by atoms with van der Waals surface area (Å²) in [4.78, 5) is 31.4. The molecule has 2 unspecified atom stereocenters. The first-order valence-electron chi connectivity index (χ1n) is 11.6. The van der Waals surface area contributed by atoms with E-state index in [9.17, 15) is 19.9 Å². The van der Waals surface area contributed by atoms with Gasteiger partial charge < -0.3 is 26.0 Å². The number of amides is 2. The van der Waals surface area contributed by atoms with Gasteiger partial charge >= 0.3 is 0 Å². The summed E-state index contributed by atoms with van der Waals surface area (Å²) in [6.07, 6.45) is 1.22. The molecule has 0 spiro atoms. The SMILES string of the molecule is CN(Cc1ccn(-c2ncccc2C(=O)N([O-])C(Cc2ccccc2)C(O)C(N)=O)n1)c1ccccc1. The minimum Gasteiger partial charge on any atom is -0.756 e. The molecule has 2 aromatic carbocycles. The Morgan fingerprint density at radius 1 is 1.03 bits per heavy atom. The minimum absolute atomic E-state index is 0.0294. The van der Waals surface area contributed by atoms with Gasteiger partial charge in [-0.1, -0.05) is 48.5 Å². The number of hydrogen-bond acceptors (Lipinski definition) is 7. The Hall–Kier alpha value is -4.54. The van der Waals surface area contributed by atoms with E-state index in [2.05, 4.69) is 10.1 Å². The van der Waals surface area contributed by atoms with Crippen molar-refractivity contribution >= 4 is 17.5 Å². The van der Waals surface area contributed by atoms with E-state index in [1.54, 1.807) is 42.6 Å². The highest BCUT2D eigenvalue weighted by Crippen LogP contribution is 2.20. The molecule has 0 fully saturated rings. The van der Waals surface area contributed by atoms with Crippen molar-refractivity contribution in [3.63, 3.8) is 0 Å². The van der Waals surface area contributed by atoms with Crippen molar-refractivity contribution in [2.75, 3.05) is 11.9 Å². The highest BCUT2D eigenvalue weighted by molar-refractivity contribution is 5.98. The maximum absolute atomic E-state index is 13.3. The predicted molar refractivity (Wildman–Crippen MR) is 139 cm³/mol. The highest BCUT2D eigenvalue weighted by Gasteiger charge is 2.30. The summed E-state index contributed by atoms with van der Waals surface area (Å²) in [6, 6.07) is 21.9. The standard InChI is InChI=1S/C27H27N6O4/c1-31(21-11-6-3-7-12-21)18-20-14-16-32(30-20)26-22(13-8-15-29-26)27(36)33(37)23(24(34)25(28)35)17-19-9-4-2-5-10-19/h2-16,23-24,34H,17-18H2,1H3,(H2,28,35)/q-1. The quantitative estimate of drug-likeness (QED) is 0.319. The fourth-order valence-corrected chi connectivity index (χ4v) is 3.96. The molecule has 37 heavy (non-hydrogen) atoms. The first kappa shape index (κ1) is 25.5. The average Bonchev–Trinajstić information content (AvgIpc) is 3.39. The van der Waals surface area contributed by atoms with Crippen LogP contribution in [0.25, 0.3) is 5.82 Å². The van der Waals surface area contributed by atoms with Crippen molar-refractivity contribution in [2.45, 2.75) is 25.1 Å². The maximum Gasteiger partial charge on any atom is 0.248 e. The summed E-state index contributed by atoms with van der Waals surface area (Å²) in [5, 5.41) is 28.2. The Kier molecular flexibility index (Phi) is 7.92. The lowest BCUT2D eigenvalue weighted by Gasteiger charge is -2.39. The van der Waals surface area contributed by atoms with Gasteiger partial charge in [-0.15, -0.1) is 0 Å². The van der Waals surface area contributed by atoms with Crippen LogP contribution >= 0.6 is 0 Å². The Balaban J connectivity index is 1.58. The molecule has 0 saturated heterocycles. The number of para-hydroxylation sites is 1. The van der Waals surface area contributed by atoms with E-state index in [1.807, 2.05) is 42.3 Å². The average molecular weight is 500 g/mol. The van der Waals surface area contributed by atoms with Crippen LogP contribution in [0, 0.1) is 5.21 Å². The van der Waals surface area contributed by atoms with Crippen LogP contribution in [0.3, 0.4) is 0 Å². The Morgan fingerprint density at radius 2 is 1.70 bits per heavy atom. The number of carbonyl (C=O) groups is 2. The Bertz CT molecular complexity index is 1350. The van der Waals surface area contributed by atoms with Gasteiger partial charge in [-0.05, 0) is 42.3 Å². The first-order valence-corrected chi connectivity index (χ1v) is 11.6. The number of aliphatic hydroxyl groups excluding tert-OH is 1. The van der Waals surface area contributed by atoms with Gasteiger partial charge in [-0.3, -0.25) is 9.59 Å². The third-order valence-electron chi connectivity index (χ3n) is 5.92. The molecule has 2 heterocycles. The zero-order valence-electron chi connectivity index (χ0n) is 20.2. The summed E-state index contributed by atoms with van der Waals surface area (Å²) in [5.74, 6) is -1.92. The molecule has 4 rings (SSSR count). The lowest BCUT2D eigenvalue weighted by Crippen LogP contribution is -2.50. The van der Waals surface area contributed by atoms with Crippen LogP contribution in [-0.4, -0.2) is 55.9 Å². The molecule has 4 aromatic rings. The van der Waals surface area contributed by atoms with E-state index < -0.39 is 24.0 Å². The van der Waals surface area contributed by atoms with Crippen LogP contribution < -0.4 is 10.6 Å². The van der Waals surface area contributed by atoms with Crippen LogP contribution in [-0.2, 0) is 17.8 Å². The molecule has 0 aliphatic carbocycles. The minimum atomic E-state index is -1.85. The van der Waals surface area contributed by atoms with Crippen molar-refractivity contribution in [2.24, 2.45) is 5.73 Å². The van der Waals surface area contributed by atoms with Gasteiger partial charge in [0.05, 0.1) is 23.8 Å². The van der Waals surface area contributed by atoms with E-state index in [4.69, 9.17) is 5.73 Å². The van der Waals surface area contributed by atoms with Crippen LogP contribution in [0.1, 0.15) is 21.6 Å². The molecule has 0 radical (unpaired) electrons. The highest BCUT2D eigenvalue weighted by atomic mass is 16.5. The predicted octanol–water partition coefficient (Wildman–Crippen LogP) is 2.30. The number of rotatable bonds is 10. The number of hydroxylamine groups is 2. The molecule has 0 aliphatic rings. The number of pyridine rings is 1.